The van der Waals surface area contributed by atoms with E-state index in [1.165, 1.54) is 26.4 Å². The Morgan fingerprint density at radius 2 is 1.57 bits per heavy atom. The Balaban J connectivity index is 2.67. The second kappa shape index (κ2) is 9.73. The molecule has 0 aliphatic heterocycles. The van der Waals surface area contributed by atoms with Gasteiger partial charge in [-0.2, -0.15) is 0 Å². The second-order valence-corrected chi connectivity index (χ2v) is 6.01. The molecule has 1 rings (SSSR count). The summed E-state index contributed by atoms with van der Waals surface area (Å²) in [5, 5.41) is 22.2. The quantitative estimate of drug-likeness (QED) is 0.564. The van der Waals surface area contributed by atoms with E-state index in [4.69, 9.17) is 27.9 Å². The van der Waals surface area contributed by atoms with Crippen molar-refractivity contribution in [3.8, 4) is 17.2 Å². The molecule has 0 aliphatic carbocycles. The van der Waals surface area contributed by atoms with Gasteiger partial charge in [-0.05, 0) is 6.42 Å². The number of phenolic OH excluding ortho intramolecular Hbond substituents is 2. The van der Waals surface area contributed by atoms with Gasteiger partial charge in [0.1, 0.15) is 15.6 Å². The van der Waals surface area contributed by atoms with E-state index < -0.39 is 17.4 Å². The zero-order valence-corrected chi connectivity index (χ0v) is 14.9. The van der Waals surface area contributed by atoms with Crippen LogP contribution in [0.2, 0.25) is 10.0 Å². The molecule has 0 spiro atoms. The molecule has 0 bridgehead atoms. The van der Waals surface area contributed by atoms with Crippen molar-refractivity contribution in [1.82, 2.24) is 5.32 Å². The van der Waals surface area contributed by atoms with E-state index in [2.05, 4.69) is 12.2 Å². The lowest BCUT2D eigenvalue weighted by Crippen LogP contribution is -2.24. The van der Waals surface area contributed by atoms with Gasteiger partial charge >= 0.3 is 0 Å². The monoisotopic (exact) mass is 363 g/mol. The smallest absolute Gasteiger partial charge is 0.258 e. The minimum absolute atomic E-state index is 0.0733. The van der Waals surface area contributed by atoms with Crippen LogP contribution in [0.25, 0.3) is 0 Å². The van der Waals surface area contributed by atoms with Crippen molar-refractivity contribution in [3.05, 3.63) is 15.6 Å². The Morgan fingerprint density at radius 3 is 2.09 bits per heavy atom. The zero-order chi connectivity index (χ0) is 17.4. The Morgan fingerprint density at radius 1 is 1.04 bits per heavy atom. The molecule has 0 saturated carbocycles. The number of aromatic hydroxyl groups is 2. The summed E-state index contributed by atoms with van der Waals surface area (Å²) in [4.78, 5) is 12.1. The van der Waals surface area contributed by atoms with Gasteiger partial charge in [0.2, 0.25) is 0 Å². The molecule has 0 atom stereocenters. The highest BCUT2D eigenvalue weighted by Gasteiger charge is 2.26. The van der Waals surface area contributed by atoms with Gasteiger partial charge < -0.3 is 20.3 Å². The molecule has 130 valence electrons. The minimum Gasteiger partial charge on any atom is -0.505 e. The number of nitrogens with one attached hydrogen (secondary N) is 1. The average Bonchev–Trinajstić information content (AvgIpc) is 2.53. The zero-order valence-electron chi connectivity index (χ0n) is 13.4. The van der Waals surface area contributed by atoms with Crippen LogP contribution >= 0.6 is 23.2 Å². The molecule has 0 heterocycles. The maximum absolute atomic E-state index is 12.1. The summed E-state index contributed by atoms with van der Waals surface area (Å²) in [7, 11) is 1.30. The fraction of sp³-hybridized carbons (Fsp3) is 0.562. The van der Waals surface area contributed by atoms with Crippen molar-refractivity contribution >= 4 is 29.1 Å². The van der Waals surface area contributed by atoms with Crippen LogP contribution in [0.4, 0.5) is 0 Å². The van der Waals surface area contributed by atoms with Crippen LogP contribution < -0.4 is 10.1 Å². The van der Waals surface area contributed by atoms with Gasteiger partial charge in [-0.25, -0.2) is 0 Å². The maximum Gasteiger partial charge on any atom is 0.258 e. The van der Waals surface area contributed by atoms with Gasteiger partial charge in [0.25, 0.3) is 5.91 Å². The van der Waals surface area contributed by atoms with Crippen molar-refractivity contribution in [2.24, 2.45) is 0 Å². The second-order valence-electron chi connectivity index (χ2n) is 5.26. The number of unbranched alkanes of at least 4 members (excludes halogenated alkanes) is 5. The van der Waals surface area contributed by atoms with Gasteiger partial charge in [-0.3, -0.25) is 4.79 Å². The molecule has 0 aromatic heterocycles. The normalized spacial score (nSPS) is 10.6. The summed E-state index contributed by atoms with van der Waals surface area (Å²) in [6.07, 6.45) is 6.57. The number of hydrogen-bond acceptors (Lipinski definition) is 4. The lowest BCUT2D eigenvalue weighted by molar-refractivity contribution is 0.0947. The molecule has 0 fully saturated rings. The van der Waals surface area contributed by atoms with E-state index in [0.717, 1.165) is 19.3 Å². The summed E-state index contributed by atoms with van der Waals surface area (Å²) in [5.74, 6) is -1.80. The first-order chi connectivity index (χ1) is 11.0. The first-order valence-electron chi connectivity index (χ1n) is 7.70. The molecule has 0 radical (unpaired) electrons. The summed E-state index contributed by atoms with van der Waals surface area (Å²) < 4.78 is 4.90. The number of rotatable bonds is 9. The highest BCUT2D eigenvalue weighted by atomic mass is 35.5. The Hall–Kier alpha value is -1.33. The van der Waals surface area contributed by atoms with Gasteiger partial charge in [-0.15, -0.1) is 0 Å². The molecule has 1 aromatic carbocycles. The van der Waals surface area contributed by atoms with Crippen molar-refractivity contribution in [2.45, 2.75) is 45.4 Å². The molecule has 0 aliphatic rings. The van der Waals surface area contributed by atoms with Gasteiger partial charge in [0.05, 0.1) is 7.11 Å². The third-order valence-electron chi connectivity index (χ3n) is 3.54. The number of carbonyl (C=O) groups excluding carboxylic acids is 1. The Labute approximate surface area is 146 Å². The van der Waals surface area contributed by atoms with E-state index in [1.54, 1.807) is 0 Å². The van der Waals surface area contributed by atoms with Gasteiger partial charge in [-0.1, -0.05) is 62.2 Å². The van der Waals surface area contributed by atoms with Crippen LogP contribution in [0.15, 0.2) is 0 Å². The van der Waals surface area contributed by atoms with Crippen LogP contribution in [0, 0.1) is 0 Å². The topological polar surface area (TPSA) is 78.8 Å². The molecule has 1 aromatic rings. The minimum atomic E-state index is -0.625. The summed E-state index contributed by atoms with van der Waals surface area (Å²) in [5.41, 5.74) is -0.341. The largest absolute Gasteiger partial charge is 0.505 e. The number of benzene rings is 1. The van der Waals surface area contributed by atoms with Crippen molar-refractivity contribution in [3.63, 3.8) is 0 Å². The average molecular weight is 364 g/mol. The molecular weight excluding hydrogens is 341 g/mol. The molecule has 7 heteroatoms. The van der Waals surface area contributed by atoms with Crippen molar-refractivity contribution < 1.29 is 19.7 Å². The molecule has 0 unspecified atom stereocenters. The number of methoxy groups -OCH3 is 1. The lowest BCUT2D eigenvalue weighted by Gasteiger charge is -2.14. The summed E-state index contributed by atoms with van der Waals surface area (Å²) in [6.45, 7) is 2.61. The lowest BCUT2D eigenvalue weighted by atomic mass is 10.1. The molecular formula is C16H23Cl2NO4. The van der Waals surface area contributed by atoms with E-state index in [0.29, 0.717) is 6.54 Å². The first kappa shape index (κ1) is 19.7. The standard InChI is InChI=1S/C16H23Cl2NO4/c1-3-4-5-6-7-8-9-19-16(22)10-13(20)11(17)15(23-2)12(18)14(10)21/h20-21H,3-9H2,1-2H3,(H,19,22). The van der Waals surface area contributed by atoms with Crippen LogP contribution in [-0.2, 0) is 0 Å². The Bertz CT molecular complexity index is 520. The fourth-order valence-electron chi connectivity index (χ4n) is 2.23. The van der Waals surface area contributed by atoms with Crippen LogP contribution in [-0.4, -0.2) is 29.8 Å². The van der Waals surface area contributed by atoms with Crippen molar-refractivity contribution in [1.29, 1.82) is 0 Å². The molecule has 3 N–H and O–H groups in total. The number of carbonyl (C=O) groups is 1. The van der Waals surface area contributed by atoms with Crippen LogP contribution in [0.1, 0.15) is 55.8 Å². The maximum atomic E-state index is 12.1. The number of halogens is 2. The summed E-state index contributed by atoms with van der Waals surface area (Å²) >= 11 is 11.8. The van der Waals surface area contributed by atoms with Crippen molar-refractivity contribution in [2.75, 3.05) is 13.7 Å². The van der Waals surface area contributed by atoms with E-state index in [9.17, 15) is 15.0 Å². The molecule has 0 saturated heterocycles. The molecule has 1 amide bonds. The number of phenols is 2. The third-order valence-corrected chi connectivity index (χ3v) is 4.24. The highest BCUT2D eigenvalue weighted by molar-refractivity contribution is 6.40. The fourth-order valence-corrected chi connectivity index (χ4v) is 2.81. The van der Waals surface area contributed by atoms with E-state index in [-0.39, 0.29) is 21.4 Å². The van der Waals surface area contributed by atoms with E-state index in [1.807, 2.05) is 0 Å². The Kier molecular flexibility index (Phi) is 8.34. The molecule has 23 heavy (non-hydrogen) atoms. The van der Waals surface area contributed by atoms with Gasteiger partial charge in [0, 0.05) is 6.54 Å². The SMILES string of the molecule is CCCCCCCCNC(=O)c1c(O)c(Cl)c(OC)c(Cl)c1O. The summed E-state index contributed by atoms with van der Waals surface area (Å²) in [6, 6.07) is 0. The predicted octanol–water partition coefficient (Wildman–Crippen LogP) is 4.50. The van der Waals surface area contributed by atoms with Crippen LogP contribution in [0.3, 0.4) is 0 Å². The third kappa shape index (κ3) is 5.08. The van der Waals surface area contributed by atoms with E-state index >= 15 is 0 Å². The van der Waals surface area contributed by atoms with Crippen LogP contribution in [0.5, 0.6) is 17.2 Å². The molecule has 5 nitrogen and oxygen atoms in total. The van der Waals surface area contributed by atoms with Gasteiger partial charge in [0.15, 0.2) is 17.2 Å². The number of amides is 1. The number of ether oxygens (including phenoxy) is 1. The highest BCUT2D eigenvalue weighted by Crippen LogP contribution is 2.48. The first-order valence-corrected chi connectivity index (χ1v) is 8.46. The predicted molar refractivity (Wildman–Crippen MR) is 92.1 cm³/mol. The number of hydrogen-bond donors (Lipinski definition) is 3.